The van der Waals surface area contributed by atoms with Gasteiger partial charge in [-0.3, -0.25) is 4.68 Å². The minimum absolute atomic E-state index is 1.50. The molecule has 2 N–H and O–H groups in total. The Balaban J connectivity index is 3.05. The number of hydrogen-bond donors (Lipinski definition) is 1. The number of nitrogens with two attached hydrogens (primary N) is 1. The van der Waals surface area contributed by atoms with Gasteiger partial charge in [-0.15, -0.1) is 0 Å². The first-order valence-corrected chi connectivity index (χ1v) is 1.77. The lowest BCUT2D eigenvalue weighted by molar-refractivity contribution is 1.02. The third kappa shape index (κ3) is 0.360. The normalized spacial score (nSPS) is 8.67. The highest BCUT2D eigenvalue weighted by molar-refractivity contribution is 4.89. The summed E-state index contributed by atoms with van der Waals surface area (Å²) < 4.78 is 1.50. The predicted molar refractivity (Wildman–Crippen MR) is 24.6 cm³/mol. The molecule has 0 unspecified atom stereocenters. The Kier molecular flexibility index (Phi) is 0.572. The van der Waals surface area contributed by atoms with E-state index in [9.17, 15) is 0 Å². The van der Waals surface area contributed by atoms with Gasteiger partial charge >= 0.3 is 0 Å². The topological polar surface area (TPSA) is 30.9 Å². The van der Waals surface area contributed by atoms with Crippen molar-refractivity contribution in [1.82, 2.24) is 4.68 Å². The van der Waals surface area contributed by atoms with Crippen molar-refractivity contribution in [3.05, 3.63) is 24.5 Å². The Bertz CT molecular complexity index is 109. The maximum absolute atomic E-state index is 5.19. The molecule has 1 aromatic rings. The third-order valence-electron chi connectivity index (χ3n) is 0.628. The average Bonchev–Trinajstić information content (AvgIpc) is 1.86. The van der Waals surface area contributed by atoms with Gasteiger partial charge in [0.1, 0.15) is 0 Å². The zero-order chi connectivity index (χ0) is 4.41. The van der Waals surface area contributed by atoms with E-state index < -0.39 is 0 Å². The van der Waals surface area contributed by atoms with Crippen LogP contribution in [0.5, 0.6) is 0 Å². The fourth-order valence-electron chi connectivity index (χ4n) is 0.348. The Labute approximate surface area is 36.2 Å². The average molecular weight is 84.1 g/mol. The third-order valence-corrected chi connectivity index (χ3v) is 0.628. The number of hydrogen-bond acceptors (Lipinski definition) is 1. The highest BCUT2D eigenvalue weighted by atomic mass is 16.2. The quantitative estimate of drug-likeness (QED) is 0.353. The van der Waals surface area contributed by atoms with Gasteiger partial charge in [-0.25, -0.2) is 0 Å². The van der Waals surface area contributed by atoms with E-state index in [-0.39, 0.29) is 0 Å². The molecule has 32 valence electrons. The molecule has 0 radical (unpaired) electrons. The molecule has 0 spiro atoms. The molecule has 0 aliphatic heterocycles. The first-order valence-electron chi connectivity index (χ1n) is 1.77. The molecule has 2 nitrogen and oxygen atoms in total. The summed E-state index contributed by atoms with van der Waals surface area (Å²) in [5.41, 5.74) is 0. The molecule has 0 atom stereocenters. The van der Waals surface area contributed by atoms with Gasteiger partial charge in [-0.2, -0.15) is 0 Å². The smallest absolute Gasteiger partial charge is 0.0256 e. The van der Waals surface area contributed by atoms with E-state index in [0.717, 1.165) is 0 Å². The number of rotatable bonds is 0. The van der Waals surface area contributed by atoms with E-state index in [1.165, 1.54) is 4.68 Å². The van der Waals surface area contributed by atoms with Crippen molar-refractivity contribution in [1.29, 1.82) is 0 Å². The van der Waals surface area contributed by atoms with Gasteiger partial charge in [-0.05, 0) is 12.1 Å². The molecule has 1 rings (SSSR count). The molecule has 0 aromatic carbocycles. The summed E-state index contributed by atoms with van der Waals surface area (Å²) in [6.45, 7) is 0. The molecule has 0 saturated carbocycles. The van der Waals surface area contributed by atoms with Crippen LogP contribution < -0.4 is 5.84 Å². The summed E-state index contributed by atoms with van der Waals surface area (Å²) >= 11 is 0. The number of nitrogen functional groups attached to an aromatic ring is 1. The summed E-state index contributed by atoms with van der Waals surface area (Å²) in [6, 6.07) is 3.75. The van der Waals surface area contributed by atoms with Gasteiger partial charge in [0.05, 0.1) is 0 Å². The van der Waals surface area contributed by atoms with Crippen LogP contribution in [-0.2, 0) is 0 Å². The van der Waals surface area contributed by atoms with E-state index in [1.54, 1.807) is 12.4 Å². The van der Waals surface area contributed by atoms with Crippen LogP contribution in [0.1, 0.15) is 0 Å². The van der Waals surface area contributed by atoms with Gasteiger partial charge in [0.2, 0.25) is 0 Å². The predicted octanol–water partition coefficient (Wildman–Crippen LogP) is 0.202. The van der Waals surface area contributed by atoms with Gasteiger partial charge in [-0.1, -0.05) is 0 Å². The second-order valence-electron chi connectivity index (χ2n) is 1.13. The molecular weight excluding hydrogens is 78.0 g/mol. The van der Waals surface area contributed by atoms with E-state index in [2.05, 4.69) is 0 Å². The first kappa shape index (κ1) is 3.28. The zero-order valence-electron chi connectivity index (χ0n) is 3.33. The van der Waals surface area contributed by atoms with Crippen LogP contribution in [0.4, 0.5) is 0 Å². The molecular formula is C4H6N2. The van der Waals surface area contributed by atoms with Crippen LogP contribution >= 0.6 is 0 Å². The van der Waals surface area contributed by atoms with Gasteiger partial charge < -0.3 is 5.84 Å². The summed E-state index contributed by atoms with van der Waals surface area (Å²) in [5.74, 6) is 5.19. The molecule has 0 bridgehead atoms. The van der Waals surface area contributed by atoms with Gasteiger partial charge in [0.25, 0.3) is 0 Å². The molecule has 0 aliphatic rings. The lowest BCUT2D eigenvalue weighted by Gasteiger charge is -1.81. The highest BCUT2D eigenvalue weighted by Crippen LogP contribution is 1.77. The minimum atomic E-state index is 1.50. The maximum atomic E-state index is 5.19. The van der Waals surface area contributed by atoms with Gasteiger partial charge in [0, 0.05) is 12.4 Å². The monoisotopic (exact) mass is 84.0 g/mol. The Morgan fingerprint density at radius 2 is 1.67 bits per heavy atom. The molecule has 0 aliphatic carbocycles. The molecule has 0 amide bonds. The lowest BCUT2D eigenvalue weighted by Crippen LogP contribution is -2.02. The Morgan fingerprint density at radius 1 is 1.17 bits per heavy atom. The fourth-order valence-corrected chi connectivity index (χ4v) is 0.348. The van der Waals surface area contributed by atoms with Gasteiger partial charge in [0.15, 0.2) is 0 Å². The standard InChI is InChI=1S/C4H6N2/c5-6-3-1-2-4-6/h1-4H,5H2/i5+1,6+1. The van der Waals surface area contributed by atoms with Crippen LogP contribution in [0.2, 0.25) is 0 Å². The second-order valence-corrected chi connectivity index (χ2v) is 1.13. The van der Waals surface area contributed by atoms with Crippen LogP contribution in [-0.4, -0.2) is 4.68 Å². The van der Waals surface area contributed by atoms with Crippen molar-refractivity contribution in [2.75, 3.05) is 5.84 Å². The van der Waals surface area contributed by atoms with E-state index >= 15 is 0 Å². The van der Waals surface area contributed by atoms with Crippen molar-refractivity contribution in [3.8, 4) is 0 Å². The van der Waals surface area contributed by atoms with Crippen LogP contribution in [0.25, 0.3) is 0 Å². The van der Waals surface area contributed by atoms with E-state index in [0.29, 0.717) is 0 Å². The van der Waals surface area contributed by atoms with E-state index in [1.807, 2.05) is 12.1 Å². The molecule has 1 aromatic heterocycles. The van der Waals surface area contributed by atoms with Crippen molar-refractivity contribution >= 4 is 0 Å². The second kappa shape index (κ2) is 1.05. The SMILES string of the molecule is [15NH2][15n]1cccc1. The maximum Gasteiger partial charge on any atom is 0.0256 e. The molecule has 0 fully saturated rings. The van der Waals surface area contributed by atoms with E-state index in [4.69, 9.17) is 5.84 Å². The summed E-state index contributed by atoms with van der Waals surface area (Å²) in [7, 11) is 0. The first-order chi connectivity index (χ1) is 2.89. The van der Waals surface area contributed by atoms with Crippen LogP contribution in [0, 0.1) is 0 Å². The molecule has 1 heterocycles. The Hall–Kier alpha value is -0.920. The Morgan fingerprint density at radius 3 is 1.83 bits per heavy atom. The van der Waals surface area contributed by atoms with Crippen LogP contribution in [0.3, 0.4) is 0 Å². The molecule has 2 heteroatoms. The van der Waals surface area contributed by atoms with Crippen molar-refractivity contribution in [2.24, 2.45) is 0 Å². The lowest BCUT2D eigenvalue weighted by atomic mass is 10.7. The number of nitrogens with zero attached hydrogens (tertiary/aromatic N) is 1. The summed E-state index contributed by atoms with van der Waals surface area (Å²) in [5, 5.41) is 0. The van der Waals surface area contributed by atoms with Crippen molar-refractivity contribution in [2.45, 2.75) is 0 Å². The van der Waals surface area contributed by atoms with Crippen molar-refractivity contribution in [3.63, 3.8) is 0 Å². The largest absolute Gasteiger partial charge is 0.340 e. The molecule has 6 heavy (non-hydrogen) atoms. The summed E-state index contributed by atoms with van der Waals surface area (Å²) in [4.78, 5) is 0. The zero-order valence-corrected chi connectivity index (χ0v) is 3.33. The minimum Gasteiger partial charge on any atom is -0.340 e. The highest BCUT2D eigenvalue weighted by Gasteiger charge is 1.68. The van der Waals surface area contributed by atoms with Crippen LogP contribution in [0.15, 0.2) is 24.5 Å². The summed E-state index contributed by atoms with van der Waals surface area (Å²) in [6.07, 6.45) is 3.56. The fraction of sp³-hybridized carbons (Fsp3) is 0. The number of aromatic nitrogens is 1. The molecule has 0 saturated heterocycles. The van der Waals surface area contributed by atoms with Crippen molar-refractivity contribution < 1.29 is 0 Å².